The number of carbonyl (C=O) groups is 3. The van der Waals surface area contributed by atoms with Gasteiger partial charge in [-0.05, 0) is 82.8 Å². The number of methoxy groups -OCH3 is 1. The molecule has 0 fully saturated rings. The van der Waals surface area contributed by atoms with Crippen LogP contribution in [0, 0.1) is 0 Å². The molecule has 270 valence electrons. The maximum absolute atomic E-state index is 13.5. The van der Waals surface area contributed by atoms with Crippen molar-refractivity contribution in [1.29, 1.82) is 0 Å². The number of nitrogens with zero attached hydrogens (tertiary/aromatic N) is 1. The molecule has 0 aliphatic carbocycles. The van der Waals surface area contributed by atoms with Crippen molar-refractivity contribution in [2.75, 3.05) is 26.7 Å². The molecule has 0 aromatic heterocycles. The summed E-state index contributed by atoms with van der Waals surface area (Å²) in [5, 5.41) is 15.1. The quantitative estimate of drug-likeness (QED) is 0.144. The average molecular weight is 727 g/mol. The van der Waals surface area contributed by atoms with E-state index < -0.39 is 22.2 Å². The Morgan fingerprint density at radius 3 is 2.08 bits per heavy atom. The molecule has 0 saturated heterocycles. The number of carbonyl (C=O) groups excluding carboxylic acids is 2. The van der Waals surface area contributed by atoms with Gasteiger partial charge in [0.05, 0.1) is 12.0 Å². The van der Waals surface area contributed by atoms with Crippen LogP contribution in [0.4, 0.5) is 13.2 Å². The highest BCUT2D eigenvalue weighted by Gasteiger charge is 2.38. The molecule has 2 amide bonds. The molecular weight excluding hydrogens is 689 g/mol. The van der Waals surface area contributed by atoms with Crippen LogP contribution >= 0.6 is 0 Å². The van der Waals surface area contributed by atoms with Gasteiger partial charge in [0.15, 0.2) is 0 Å². The zero-order valence-corrected chi connectivity index (χ0v) is 28.3. The minimum absolute atomic E-state index is 0.0364. The molecule has 11 nitrogen and oxygen atoms in total. The number of sulfonamides is 1. The standard InChI is InChI=1S/C34H36N4O5S.C2HF3O2/c1-43-31-13-8-25(9-14-31)12-17-33(39)38(21-18-26-10-15-32(16-11-26)44(36,41)42)24-27-4-2-5-28(22-27)29-6-3-7-30(23-29)34(40)37-20-19-35;3-2(4,5)1(6)7/h2-17,22-23H,18-21,24,35H2,1H3,(H,37,40)(H2,36,41,42);(H,6,7). The van der Waals surface area contributed by atoms with Crippen molar-refractivity contribution >= 4 is 33.9 Å². The first-order valence-corrected chi connectivity index (χ1v) is 16.9. The van der Waals surface area contributed by atoms with Crippen LogP contribution in [0.25, 0.3) is 17.2 Å². The largest absolute Gasteiger partial charge is 0.497 e. The summed E-state index contributed by atoms with van der Waals surface area (Å²) in [6, 6.07) is 28.9. The van der Waals surface area contributed by atoms with Crippen LogP contribution in [0.1, 0.15) is 27.0 Å². The van der Waals surface area contributed by atoms with Gasteiger partial charge in [-0.15, -0.1) is 0 Å². The highest BCUT2D eigenvalue weighted by molar-refractivity contribution is 7.89. The van der Waals surface area contributed by atoms with Gasteiger partial charge in [-0.25, -0.2) is 18.4 Å². The van der Waals surface area contributed by atoms with Gasteiger partial charge in [0.1, 0.15) is 5.75 Å². The number of aliphatic carboxylic acids is 1. The Labute approximate surface area is 293 Å². The molecule has 0 spiro atoms. The minimum atomic E-state index is -5.08. The Morgan fingerprint density at radius 2 is 1.51 bits per heavy atom. The van der Waals surface area contributed by atoms with Crippen LogP contribution in [-0.2, 0) is 32.6 Å². The maximum atomic E-state index is 13.5. The zero-order valence-electron chi connectivity index (χ0n) is 27.5. The number of hydrogen-bond acceptors (Lipinski definition) is 7. The van der Waals surface area contributed by atoms with E-state index in [1.165, 1.54) is 12.1 Å². The van der Waals surface area contributed by atoms with E-state index in [1.54, 1.807) is 42.4 Å². The van der Waals surface area contributed by atoms with E-state index in [1.807, 2.05) is 66.7 Å². The minimum Gasteiger partial charge on any atom is -0.497 e. The highest BCUT2D eigenvalue weighted by atomic mass is 32.2. The Bertz CT molecular complexity index is 1930. The normalized spacial score (nSPS) is 11.3. The van der Waals surface area contributed by atoms with Crippen LogP contribution in [-0.4, -0.2) is 69.1 Å². The van der Waals surface area contributed by atoms with Crippen LogP contribution in [0.2, 0.25) is 0 Å². The third-order valence-electron chi connectivity index (χ3n) is 7.20. The van der Waals surface area contributed by atoms with Crippen LogP contribution in [0.5, 0.6) is 5.75 Å². The van der Waals surface area contributed by atoms with E-state index in [9.17, 15) is 31.2 Å². The number of halogens is 3. The topological polar surface area (TPSA) is 182 Å². The molecule has 0 aliphatic rings. The molecule has 0 atom stereocenters. The summed E-state index contributed by atoms with van der Waals surface area (Å²) in [6.07, 6.45) is -1.28. The number of ether oxygens (including phenoxy) is 1. The summed E-state index contributed by atoms with van der Waals surface area (Å²) in [7, 11) is -2.19. The maximum Gasteiger partial charge on any atom is 0.490 e. The lowest BCUT2D eigenvalue weighted by molar-refractivity contribution is -0.192. The van der Waals surface area contributed by atoms with Crippen molar-refractivity contribution in [3.63, 3.8) is 0 Å². The van der Waals surface area contributed by atoms with Gasteiger partial charge in [0, 0.05) is 37.8 Å². The fourth-order valence-electron chi connectivity index (χ4n) is 4.56. The lowest BCUT2D eigenvalue weighted by Crippen LogP contribution is -2.31. The van der Waals surface area contributed by atoms with Crippen molar-refractivity contribution in [3.05, 3.63) is 125 Å². The van der Waals surface area contributed by atoms with Gasteiger partial charge >= 0.3 is 12.1 Å². The van der Waals surface area contributed by atoms with Gasteiger partial charge in [-0.1, -0.05) is 54.6 Å². The molecule has 0 bridgehead atoms. The molecule has 51 heavy (non-hydrogen) atoms. The van der Waals surface area contributed by atoms with Gasteiger partial charge in [-0.2, -0.15) is 13.2 Å². The smallest absolute Gasteiger partial charge is 0.490 e. The Balaban J connectivity index is 0.000000908. The molecular formula is C36H37F3N4O7S. The SMILES string of the molecule is COc1ccc(C=CC(=O)N(CCc2ccc(S(N)(=O)=O)cc2)Cc2cccc(-c3cccc(C(=O)NCCN)c3)c2)cc1.O=C(O)C(F)(F)F. The lowest BCUT2D eigenvalue weighted by Gasteiger charge is -2.22. The first-order valence-electron chi connectivity index (χ1n) is 15.3. The Hall–Kier alpha value is -5.51. The Morgan fingerprint density at radius 1 is 0.902 bits per heavy atom. The zero-order chi connectivity index (χ0) is 37.6. The summed E-state index contributed by atoms with van der Waals surface area (Å²) in [5.41, 5.74) is 10.5. The monoisotopic (exact) mass is 726 g/mol. The average Bonchev–Trinajstić information content (AvgIpc) is 3.11. The first-order chi connectivity index (χ1) is 24.1. The first kappa shape index (κ1) is 39.9. The number of carboxylic acids is 1. The van der Waals surface area contributed by atoms with Crippen LogP contribution in [0.3, 0.4) is 0 Å². The van der Waals surface area contributed by atoms with Crippen LogP contribution in [0.15, 0.2) is 108 Å². The summed E-state index contributed by atoms with van der Waals surface area (Å²) >= 11 is 0. The fourth-order valence-corrected chi connectivity index (χ4v) is 5.08. The van der Waals surface area contributed by atoms with Crippen molar-refractivity contribution in [2.45, 2.75) is 24.0 Å². The number of benzene rings is 4. The predicted octanol–water partition coefficient (Wildman–Crippen LogP) is 4.62. The fraction of sp³-hybridized carbons (Fsp3) is 0.194. The summed E-state index contributed by atoms with van der Waals surface area (Å²) in [5.74, 6) is -2.39. The van der Waals surface area contributed by atoms with Crippen molar-refractivity contribution in [2.24, 2.45) is 10.9 Å². The number of amides is 2. The van der Waals surface area contributed by atoms with E-state index in [-0.39, 0.29) is 16.7 Å². The number of hydrogen-bond donors (Lipinski definition) is 4. The van der Waals surface area contributed by atoms with E-state index >= 15 is 0 Å². The molecule has 0 aliphatic heterocycles. The molecule has 0 unspecified atom stereocenters. The second-order valence-electron chi connectivity index (χ2n) is 10.9. The molecule has 4 aromatic carbocycles. The van der Waals surface area contributed by atoms with E-state index in [4.69, 9.17) is 25.5 Å². The summed E-state index contributed by atoms with van der Waals surface area (Å²) in [6.45, 7) is 1.48. The van der Waals surface area contributed by atoms with E-state index in [0.29, 0.717) is 38.2 Å². The molecule has 0 heterocycles. The lowest BCUT2D eigenvalue weighted by atomic mass is 10.0. The summed E-state index contributed by atoms with van der Waals surface area (Å²) in [4.78, 5) is 36.6. The number of nitrogens with two attached hydrogens (primary N) is 2. The molecule has 4 aromatic rings. The molecule has 4 rings (SSSR count). The van der Waals surface area contributed by atoms with Gasteiger partial charge in [0.25, 0.3) is 5.91 Å². The second kappa shape index (κ2) is 18.5. The predicted molar refractivity (Wildman–Crippen MR) is 186 cm³/mol. The van der Waals surface area contributed by atoms with Crippen molar-refractivity contribution in [3.8, 4) is 16.9 Å². The highest BCUT2D eigenvalue weighted by Crippen LogP contribution is 2.23. The molecule has 0 saturated carbocycles. The second-order valence-corrected chi connectivity index (χ2v) is 12.5. The molecule has 0 radical (unpaired) electrons. The third-order valence-corrected chi connectivity index (χ3v) is 8.13. The molecule has 6 N–H and O–H groups in total. The Kier molecular flexibility index (Phi) is 14.5. The van der Waals surface area contributed by atoms with Gasteiger partial charge < -0.3 is 25.8 Å². The summed E-state index contributed by atoms with van der Waals surface area (Å²) < 4.78 is 60.2. The number of nitrogens with one attached hydrogen (secondary N) is 1. The van der Waals surface area contributed by atoms with Gasteiger partial charge in [0.2, 0.25) is 15.9 Å². The van der Waals surface area contributed by atoms with Crippen molar-refractivity contribution in [1.82, 2.24) is 10.2 Å². The number of rotatable bonds is 13. The number of primary sulfonamides is 1. The van der Waals surface area contributed by atoms with Crippen LogP contribution < -0.4 is 20.9 Å². The van der Waals surface area contributed by atoms with E-state index in [0.717, 1.165) is 33.6 Å². The molecule has 15 heteroatoms. The third kappa shape index (κ3) is 13.0. The van der Waals surface area contributed by atoms with Gasteiger partial charge in [-0.3, -0.25) is 9.59 Å². The van der Waals surface area contributed by atoms with Crippen molar-refractivity contribution < 1.29 is 45.8 Å². The number of carboxylic acid groups (broad SMARTS) is 1. The number of alkyl halides is 3. The van der Waals surface area contributed by atoms with E-state index in [2.05, 4.69) is 5.32 Å².